The minimum Gasteiger partial charge on any atom is -0.619 e. The van der Waals surface area contributed by atoms with Crippen molar-refractivity contribution in [1.82, 2.24) is 4.98 Å². The molecular weight excluding hydrogens is 195 g/mol. The van der Waals surface area contributed by atoms with E-state index in [-0.39, 0.29) is 35.8 Å². The molecule has 0 saturated carbocycles. The summed E-state index contributed by atoms with van der Waals surface area (Å²) < 4.78 is 0.688. The molecule has 0 radical (unpaired) electrons. The molecule has 1 aromatic heterocycles. The van der Waals surface area contributed by atoms with E-state index in [9.17, 15) is 5.21 Å². The summed E-state index contributed by atoms with van der Waals surface area (Å²) in [5.74, 6) is 0. The van der Waals surface area contributed by atoms with Gasteiger partial charge in [-0.1, -0.05) is 0 Å². The van der Waals surface area contributed by atoms with E-state index in [0.717, 1.165) is 0 Å². The number of nitrogens with zero attached hydrogens (tertiary/aromatic N) is 2. The SMILES string of the molecule is Cl.Cl.O.O.[O-][n+]1ccncc1. The van der Waals surface area contributed by atoms with Gasteiger partial charge in [-0.25, -0.2) is 0 Å². The Bertz CT molecular complexity index is 151. The Morgan fingerprint density at radius 2 is 1.36 bits per heavy atom. The Kier molecular flexibility index (Phi) is 24.7. The van der Waals surface area contributed by atoms with Gasteiger partial charge in [0, 0.05) is 0 Å². The quantitative estimate of drug-likeness (QED) is 0.396. The van der Waals surface area contributed by atoms with Gasteiger partial charge >= 0.3 is 0 Å². The molecule has 0 amide bonds. The van der Waals surface area contributed by atoms with E-state index in [1.54, 1.807) is 0 Å². The first kappa shape index (κ1) is 22.4. The average molecular weight is 205 g/mol. The molecule has 1 rings (SSSR count). The minimum atomic E-state index is 0. The number of hydrogen-bond donors (Lipinski definition) is 0. The van der Waals surface area contributed by atoms with Gasteiger partial charge in [0.1, 0.15) is 0 Å². The first-order valence-corrected chi connectivity index (χ1v) is 1.88. The van der Waals surface area contributed by atoms with E-state index in [1.807, 2.05) is 0 Å². The van der Waals surface area contributed by atoms with Gasteiger partial charge in [0.15, 0.2) is 12.4 Å². The van der Waals surface area contributed by atoms with E-state index in [2.05, 4.69) is 4.98 Å². The van der Waals surface area contributed by atoms with Gasteiger partial charge in [0.25, 0.3) is 0 Å². The monoisotopic (exact) mass is 204 g/mol. The zero-order valence-corrected chi connectivity index (χ0v) is 7.06. The second-order valence-corrected chi connectivity index (χ2v) is 1.11. The Hall–Kier alpha value is -0.620. The molecule has 7 heteroatoms. The lowest BCUT2D eigenvalue weighted by atomic mass is 10.8. The molecule has 0 aromatic carbocycles. The second kappa shape index (κ2) is 12.1. The van der Waals surface area contributed by atoms with Crippen molar-refractivity contribution in [3.05, 3.63) is 30.0 Å². The maximum atomic E-state index is 10.1. The van der Waals surface area contributed by atoms with E-state index < -0.39 is 0 Å². The fraction of sp³-hybridized carbons (Fsp3) is 0. The molecule has 11 heavy (non-hydrogen) atoms. The van der Waals surface area contributed by atoms with Crippen LogP contribution in [0.15, 0.2) is 24.8 Å². The predicted molar refractivity (Wildman–Crippen MR) is 44.9 cm³/mol. The third-order valence-electron chi connectivity index (χ3n) is 0.599. The van der Waals surface area contributed by atoms with Gasteiger partial charge in [0.05, 0.1) is 12.4 Å². The number of halogens is 2. The van der Waals surface area contributed by atoms with E-state index >= 15 is 0 Å². The van der Waals surface area contributed by atoms with Crippen LogP contribution in [0.25, 0.3) is 0 Å². The van der Waals surface area contributed by atoms with Crippen molar-refractivity contribution in [3.63, 3.8) is 0 Å². The van der Waals surface area contributed by atoms with E-state index in [0.29, 0.717) is 4.73 Å². The van der Waals surface area contributed by atoms with Gasteiger partial charge < -0.3 is 16.2 Å². The summed E-state index contributed by atoms with van der Waals surface area (Å²) in [4.78, 5) is 3.62. The van der Waals surface area contributed by atoms with Crippen molar-refractivity contribution in [2.75, 3.05) is 0 Å². The topological polar surface area (TPSA) is 103 Å². The maximum absolute atomic E-state index is 10.1. The highest BCUT2D eigenvalue weighted by atomic mass is 35.5. The molecule has 0 atom stereocenters. The predicted octanol–water partition coefficient (Wildman–Crippen LogP) is -1.09. The zero-order valence-electron chi connectivity index (χ0n) is 5.43. The molecule has 68 valence electrons. The van der Waals surface area contributed by atoms with Crippen LogP contribution in [0, 0.1) is 5.21 Å². The molecule has 0 spiro atoms. The standard InChI is InChI=1S/C4H4N2O.2ClH.2H2O/c7-6-3-1-5-2-4-6;;;;/h1-4H;2*1H;2*1H2. The summed E-state index contributed by atoms with van der Waals surface area (Å²) in [6, 6.07) is 0. The molecule has 0 bridgehead atoms. The average Bonchev–Trinajstić information content (AvgIpc) is 1.69. The highest BCUT2D eigenvalue weighted by molar-refractivity contribution is 5.85. The fourth-order valence-electron chi connectivity index (χ4n) is 0.308. The molecular formula is C4H10Cl2N2O3. The lowest BCUT2D eigenvalue weighted by Crippen LogP contribution is -2.23. The molecule has 0 aliphatic rings. The largest absolute Gasteiger partial charge is 0.619 e. The van der Waals surface area contributed by atoms with Crippen molar-refractivity contribution in [2.24, 2.45) is 0 Å². The number of aromatic nitrogens is 2. The van der Waals surface area contributed by atoms with Crippen LogP contribution in [0.1, 0.15) is 0 Å². The Labute approximate surface area is 76.1 Å². The molecule has 0 unspecified atom stereocenters. The summed E-state index contributed by atoms with van der Waals surface area (Å²) in [7, 11) is 0. The molecule has 4 N–H and O–H groups in total. The third kappa shape index (κ3) is 9.38. The number of hydrogen-bond acceptors (Lipinski definition) is 2. The lowest BCUT2D eigenvalue weighted by molar-refractivity contribution is -0.606. The Morgan fingerprint density at radius 3 is 1.55 bits per heavy atom. The van der Waals surface area contributed by atoms with Gasteiger partial charge in [-0.05, 0) is 0 Å². The Balaban J connectivity index is -0.0000000612. The summed E-state index contributed by atoms with van der Waals surface area (Å²) in [6.45, 7) is 0. The first-order chi connectivity index (χ1) is 3.39. The molecule has 0 fully saturated rings. The van der Waals surface area contributed by atoms with Crippen LogP contribution in [-0.4, -0.2) is 15.9 Å². The van der Waals surface area contributed by atoms with E-state index in [1.165, 1.54) is 24.8 Å². The van der Waals surface area contributed by atoms with Crippen LogP contribution in [-0.2, 0) is 0 Å². The van der Waals surface area contributed by atoms with Crippen molar-refractivity contribution >= 4 is 24.8 Å². The van der Waals surface area contributed by atoms with E-state index in [4.69, 9.17) is 0 Å². The molecule has 0 aliphatic heterocycles. The first-order valence-electron chi connectivity index (χ1n) is 1.88. The maximum Gasteiger partial charge on any atom is 0.198 e. The van der Waals surface area contributed by atoms with Gasteiger partial charge in [-0.2, -0.15) is 4.73 Å². The van der Waals surface area contributed by atoms with Gasteiger partial charge in [0.2, 0.25) is 0 Å². The molecule has 0 aliphatic carbocycles. The minimum absolute atomic E-state index is 0. The third-order valence-corrected chi connectivity index (χ3v) is 0.599. The van der Waals surface area contributed by atoms with Crippen LogP contribution in [0.3, 0.4) is 0 Å². The van der Waals surface area contributed by atoms with Crippen molar-refractivity contribution < 1.29 is 15.7 Å². The van der Waals surface area contributed by atoms with Crippen molar-refractivity contribution in [2.45, 2.75) is 0 Å². The molecule has 1 heterocycles. The van der Waals surface area contributed by atoms with Crippen molar-refractivity contribution in [3.8, 4) is 0 Å². The van der Waals surface area contributed by atoms with Gasteiger partial charge in [-0.3, -0.25) is 4.98 Å². The van der Waals surface area contributed by atoms with Crippen molar-refractivity contribution in [1.29, 1.82) is 0 Å². The molecule has 0 saturated heterocycles. The summed E-state index contributed by atoms with van der Waals surface area (Å²) in [5.41, 5.74) is 0. The molecule has 1 aromatic rings. The smallest absolute Gasteiger partial charge is 0.198 e. The fourth-order valence-corrected chi connectivity index (χ4v) is 0.308. The van der Waals surface area contributed by atoms with Crippen LogP contribution >= 0.6 is 24.8 Å². The van der Waals surface area contributed by atoms with Crippen LogP contribution in [0.5, 0.6) is 0 Å². The van der Waals surface area contributed by atoms with Crippen LogP contribution in [0.2, 0.25) is 0 Å². The van der Waals surface area contributed by atoms with Crippen LogP contribution in [0.4, 0.5) is 0 Å². The second-order valence-electron chi connectivity index (χ2n) is 1.11. The highest BCUT2D eigenvalue weighted by Gasteiger charge is 1.76. The summed E-state index contributed by atoms with van der Waals surface area (Å²) >= 11 is 0. The van der Waals surface area contributed by atoms with Gasteiger partial charge in [-0.15, -0.1) is 24.8 Å². The zero-order chi connectivity index (χ0) is 5.11. The summed E-state index contributed by atoms with van der Waals surface area (Å²) in [5, 5.41) is 10.1. The Morgan fingerprint density at radius 1 is 1.00 bits per heavy atom. The number of rotatable bonds is 0. The highest BCUT2D eigenvalue weighted by Crippen LogP contribution is 1.63. The summed E-state index contributed by atoms with van der Waals surface area (Å²) in [6.07, 6.45) is 5.54. The normalized spacial score (nSPS) is 5.45. The molecule has 5 nitrogen and oxygen atoms in total. The van der Waals surface area contributed by atoms with Crippen LogP contribution < -0.4 is 4.73 Å². The lowest BCUT2D eigenvalue weighted by Gasteiger charge is -1.87.